The molecule has 7 heteroatoms. The van der Waals surface area contributed by atoms with Crippen molar-refractivity contribution >= 4 is 17.8 Å². The number of fused-ring (bicyclic) bond motifs is 1. The molecule has 0 aliphatic heterocycles. The molecule has 0 saturated heterocycles. The lowest BCUT2D eigenvalue weighted by atomic mass is 9.92. The third-order valence-corrected chi connectivity index (χ3v) is 5.78. The Morgan fingerprint density at radius 1 is 1.12 bits per heavy atom. The first-order chi connectivity index (χ1) is 15.8. The highest BCUT2D eigenvalue weighted by Gasteiger charge is 2.25. The number of anilines is 1. The summed E-state index contributed by atoms with van der Waals surface area (Å²) in [4.78, 5) is 24.9. The number of carbonyl (C=O) groups is 2. The van der Waals surface area contributed by atoms with Crippen molar-refractivity contribution in [2.45, 2.75) is 52.0 Å². The van der Waals surface area contributed by atoms with E-state index in [4.69, 9.17) is 9.84 Å². The van der Waals surface area contributed by atoms with Gasteiger partial charge >= 0.3 is 12.0 Å². The van der Waals surface area contributed by atoms with Crippen LogP contribution in [0.5, 0.6) is 0 Å². The van der Waals surface area contributed by atoms with Crippen molar-refractivity contribution in [3.63, 3.8) is 0 Å². The molecule has 2 aromatic carbocycles. The third kappa shape index (κ3) is 4.92. The minimum absolute atomic E-state index is 0.0106. The van der Waals surface area contributed by atoms with E-state index in [1.807, 2.05) is 18.2 Å². The number of aromatic nitrogens is 2. The highest BCUT2D eigenvalue weighted by Crippen LogP contribution is 2.31. The Labute approximate surface area is 194 Å². The number of hydrogen-bond acceptors (Lipinski definition) is 4. The fourth-order valence-corrected chi connectivity index (χ4v) is 4.00. The number of ether oxygens (including phenoxy) is 1. The Morgan fingerprint density at radius 3 is 2.55 bits per heavy atom. The standard InChI is InChI=1S/C26H30N4O3/c1-5-33-24(31)18-10-13-19(14-11-18)30-23(16-22(29-30)26(2,3)4)28-25(32)27-21-15-12-17-8-6-7-9-20(17)21/h6-11,13-14,16,21H,5,12,15H2,1-4H3,(H2,27,28,32). The number of hydrogen-bond donors (Lipinski definition) is 2. The predicted octanol–water partition coefficient (Wildman–Crippen LogP) is 5.16. The lowest BCUT2D eigenvalue weighted by Gasteiger charge is -2.15. The highest BCUT2D eigenvalue weighted by molar-refractivity contribution is 5.90. The summed E-state index contributed by atoms with van der Waals surface area (Å²) in [5, 5.41) is 10.8. The molecule has 0 saturated carbocycles. The van der Waals surface area contributed by atoms with Gasteiger partial charge in [-0.3, -0.25) is 5.32 Å². The fourth-order valence-electron chi connectivity index (χ4n) is 4.00. The molecular formula is C26H30N4O3. The SMILES string of the molecule is CCOC(=O)c1ccc(-n2nc(C(C)(C)C)cc2NC(=O)NC2CCc3ccccc32)cc1. The second kappa shape index (κ2) is 9.10. The molecule has 172 valence electrons. The molecule has 0 spiro atoms. The van der Waals surface area contributed by atoms with E-state index in [0.717, 1.165) is 24.2 Å². The molecular weight excluding hydrogens is 416 g/mol. The molecule has 0 radical (unpaired) electrons. The van der Waals surface area contributed by atoms with Gasteiger partial charge < -0.3 is 10.1 Å². The molecule has 1 aromatic heterocycles. The molecule has 2 amide bonds. The van der Waals surface area contributed by atoms with Crippen LogP contribution < -0.4 is 10.6 Å². The summed E-state index contributed by atoms with van der Waals surface area (Å²) in [5.41, 5.74) is 4.30. The van der Waals surface area contributed by atoms with E-state index < -0.39 is 0 Å². The molecule has 4 rings (SSSR count). The summed E-state index contributed by atoms with van der Waals surface area (Å²) in [6, 6.07) is 16.8. The van der Waals surface area contributed by atoms with Crippen LogP contribution in [0.25, 0.3) is 5.69 Å². The summed E-state index contributed by atoms with van der Waals surface area (Å²) >= 11 is 0. The summed E-state index contributed by atoms with van der Waals surface area (Å²) in [6.07, 6.45) is 1.84. The first kappa shape index (κ1) is 22.6. The second-order valence-electron chi connectivity index (χ2n) is 9.23. The van der Waals surface area contributed by atoms with Crippen LogP contribution in [-0.4, -0.2) is 28.4 Å². The predicted molar refractivity (Wildman–Crippen MR) is 128 cm³/mol. The molecule has 7 nitrogen and oxygen atoms in total. The summed E-state index contributed by atoms with van der Waals surface area (Å²) in [6.45, 7) is 8.31. The van der Waals surface area contributed by atoms with E-state index in [-0.39, 0.29) is 23.5 Å². The number of nitrogens with zero attached hydrogens (tertiary/aromatic N) is 2. The molecule has 1 atom stereocenters. The molecule has 3 aromatic rings. The average Bonchev–Trinajstić information content (AvgIpc) is 3.39. The van der Waals surface area contributed by atoms with E-state index in [9.17, 15) is 9.59 Å². The summed E-state index contributed by atoms with van der Waals surface area (Å²) < 4.78 is 6.75. The van der Waals surface area contributed by atoms with Gasteiger partial charge in [-0.05, 0) is 55.2 Å². The van der Waals surface area contributed by atoms with Crippen LogP contribution in [-0.2, 0) is 16.6 Å². The highest BCUT2D eigenvalue weighted by atomic mass is 16.5. The zero-order valence-electron chi connectivity index (χ0n) is 19.5. The number of amides is 2. The smallest absolute Gasteiger partial charge is 0.338 e. The number of benzene rings is 2. The van der Waals surface area contributed by atoms with E-state index >= 15 is 0 Å². The lowest BCUT2D eigenvalue weighted by molar-refractivity contribution is 0.0526. The summed E-state index contributed by atoms with van der Waals surface area (Å²) in [7, 11) is 0. The van der Waals surface area contributed by atoms with Gasteiger partial charge in [-0.1, -0.05) is 45.0 Å². The largest absolute Gasteiger partial charge is 0.462 e. The first-order valence-corrected chi connectivity index (χ1v) is 11.3. The van der Waals surface area contributed by atoms with Crippen LogP contribution in [0.4, 0.5) is 10.6 Å². The maximum atomic E-state index is 12.9. The molecule has 0 bridgehead atoms. The molecule has 1 unspecified atom stereocenters. The van der Waals surface area contributed by atoms with E-state index in [0.29, 0.717) is 18.0 Å². The number of rotatable bonds is 5. The van der Waals surface area contributed by atoms with Crippen LogP contribution >= 0.6 is 0 Å². The Balaban J connectivity index is 1.57. The van der Waals surface area contributed by atoms with Gasteiger partial charge in [0.1, 0.15) is 5.82 Å². The Hall–Kier alpha value is -3.61. The normalized spacial score (nSPS) is 15.1. The minimum Gasteiger partial charge on any atom is -0.462 e. The van der Waals surface area contributed by atoms with Crippen molar-refractivity contribution in [3.05, 3.63) is 77.0 Å². The van der Waals surface area contributed by atoms with Crippen molar-refractivity contribution in [1.29, 1.82) is 0 Å². The van der Waals surface area contributed by atoms with Gasteiger partial charge in [0, 0.05) is 11.5 Å². The van der Waals surface area contributed by atoms with Gasteiger partial charge in [0.15, 0.2) is 0 Å². The third-order valence-electron chi connectivity index (χ3n) is 5.78. The topological polar surface area (TPSA) is 85.2 Å². The van der Waals surface area contributed by atoms with Crippen LogP contribution in [0.2, 0.25) is 0 Å². The fraction of sp³-hybridized carbons (Fsp3) is 0.346. The summed E-state index contributed by atoms with van der Waals surface area (Å²) in [5.74, 6) is 0.196. The molecule has 1 aliphatic rings. The number of carbonyl (C=O) groups excluding carboxylic acids is 2. The van der Waals surface area contributed by atoms with Crippen LogP contribution in [0.3, 0.4) is 0 Å². The average molecular weight is 447 g/mol. The zero-order valence-corrected chi connectivity index (χ0v) is 19.5. The number of nitrogens with one attached hydrogen (secondary N) is 2. The molecule has 1 aliphatic carbocycles. The van der Waals surface area contributed by atoms with Gasteiger partial charge in [-0.2, -0.15) is 5.10 Å². The lowest BCUT2D eigenvalue weighted by Crippen LogP contribution is -2.32. The van der Waals surface area contributed by atoms with Crippen LogP contribution in [0, 0.1) is 0 Å². The van der Waals surface area contributed by atoms with E-state index in [1.165, 1.54) is 11.1 Å². The maximum Gasteiger partial charge on any atom is 0.338 e. The molecule has 2 N–H and O–H groups in total. The van der Waals surface area contributed by atoms with Gasteiger partial charge in [0.25, 0.3) is 0 Å². The Kier molecular flexibility index (Phi) is 6.22. The quantitative estimate of drug-likeness (QED) is 0.531. The van der Waals surface area contributed by atoms with Crippen molar-refractivity contribution < 1.29 is 14.3 Å². The van der Waals surface area contributed by atoms with Gasteiger partial charge in [0.05, 0.1) is 29.6 Å². The van der Waals surface area contributed by atoms with E-state index in [2.05, 4.69) is 43.5 Å². The maximum absolute atomic E-state index is 12.9. The Morgan fingerprint density at radius 2 is 1.85 bits per heavy atom. The zero-order chi connectivity index (χ0) is 23.6. The van der Waals surface area contributed by atoms with Crippen molar-refractivity contribution in [2.24, 2.45) is 0 Å². The minimum atomic E-state index is -0.366. The number of urea groups is 1. The van der Waals surface area contributed by atoms with E-state index in [1.54, 1.807) is 35.9 Å². The van der Waals surface area contributed by atoms with Crippen LogP contribution in [0.1, 0.15) is 67.3 Å². The van der Waals surface area contributed by atoms with Gasteiger partial charge in [0.2, 0.25) is 0 Å². The van der Waals surface area contributed by atoms with Gasteiger partial charge in [-0.25, -0.2) is 14.3 Å². The van der Waals surface area contributed by atoms with Crippen molar-refractivity contribution in [1.82, 2.24) is 15.1 Å². The number of esters is 1. The van der Waals surface area contributed by atoms with Crippen molar-refractivity contribution in [2.75, 3.05) is 11.9 Å². The second-order valence-corrected chi connectivity index (χ2v) is 9.23. The Bertz CT molecular complexity index is 1160. The first-order valence-electron chi connectivity index (χ1n) is 11.3. The molecule has 0 fully saturated rings. The van der Waals surface area contributed by atoms with Crippen LogP contribution in [0.15, 0.2) is 54.6 Å². The number of aryl methyl sites for hydroxylation is 1. The van der Waals surface area contributed by atoms with Gasteiger partial charge in [-0.15, -0.1) is 0 Å². The monoisotopic (exact) mass is 446 g/mol. The molecule has 1 heterocycles. The van der Waals surface area contributed by atoms with Crippen molar-refractivity contribution in [3.8, 4) is 5.69 Å². The molecule has 33 heavy (non-hydrogen) atoms.